The van der Waals surface area contributed by atoms with Gasteiger partial charge in [-0.1, -0.05) is 13.8 Å². The molecule has 1 aliphatic rings. The second kappa shape index (κ2) is 10.3. The number of anilines is 1. The van der Waals surface area contributed by atoms with E-state index in [0.29, 0.717) is 18.8 Å². The highest BCUT2D eigenvalue weighted by Crippen LogP contribution is 2.19. The SMILES string of the molecule is CCN(CC)CCOc1ccc(NC(=O)c2n[nH]c3c2CNCC3)cc1.Cl. The van der Waals surface area contributed by atoms with Crippen molar-refractivity contribution in [2.24, 2.45) is 0 Å². The Hall–Kier alpha value is -2.09. The summed E-state index contributed by atoms with van der Waals surface area (Å²) in [6.45, 7) is 9.49. The monoisotopic (exact) mass is 393 g/mol. The van der Waals surface area contributed by atoms with Gasteiger partial charge in [-0.3, -0.25) is 9.89 Å². The smallest absolute Gasteiger partial charge is 0.276 e. The molecule has 27 heavy (non-hydrogen) atoms. The predicted octanol–water partition coefficient (Wildman–Crippen LogP) is 2.45. The van der Waals surface area contributed by atoms with Crippen LogP contribution in [0.15, 0.2) is 24.3 Å². The predicted molar refractivity (Wildman–Crippen MR) is 109 cm³/mol. The lowest BCUT2D eigenvalue weighted by Gasteiger charge is -2.18. The van der Waals surface area contributed by atoms with Gasteiger partial charge in [-0.2, -0.15) is 5.10 Å². The van der Waals surface area contributed by atoms with E-state index in [1.165, 1.54) is 0 Å². The summed E-state index contributed by atoms with van der Waals surface area (Å²) in [5.74, 6) is 0.609. The van der Waals surface area contributed by atoms with Crippen molar-refractivity contribution in [1.82, 2.24) is 20.4 Å². The fraction of sp³-hybridized carbons (Fsp3) is 0.474. The molecule has 0 spiro atoms. The number of benzene rings is 1. The molecule has 1 aromatic carbocycles. The highest BCUT2D eigenvalue weighted by Gasteiger charge is 2.21. The summed E-state index contributed by atoms with van der Waals surface area (Å²) >= 11 is 0. The molecule has 0 saturated heterocycles. The largest absolute Gasteiger partial charge is 0.492 e. The van der Waals surface area contributed by atoms with Gasteiger partial charge in [0.1, 0.15) is 12.4 Å². The van der Waals surface area contributed by atoms with Gasteiger partial charge < -0.3 is 20.3 Å². The minimum atomic E-state index is -0.193. The fourth-order valence-electron chi connectivity index (χ4n) is 3.07. The van der Waals surface area contributed by atoms with Crippen LogP contribution in [0.5, 0.6) is 5.75 Å². The van der Waals surface area contributed by atoms with Gasteiger partial charge in [0.25, 0.3) is 5.91 Å². The number of fused-ring (bicyclic) bond motifs is 1. The number of nitrogens with zero attached hydrogens (tertiary/aromatic N) is 2. The van der Waals surface area contributed by atoms with Crippen LogP contribution in [0.3, 0.4) is 0 Å². The Morgan fingerprint density at radius 1 is 1.26 bits per heavy atom. The summed E-state index contributed by atoms with van der Waals surface area (Å²) in [6, 6.07) is 7.45. The molecule has 3 rings (SSSR count). The molecule has 1 aliphatic heterocycles. The van der Waals surface area contributed by atoms with Crippen LogP contribution in [0, 0.1) is 0 Å². The van der Waals surface area contributed by atoms with Crippen LogP contribution in [-0.2, 0) is 13.0 Å². The molecule has 0 unspecified atom stereocenters. The molecule has 2 heterocycles. The Labute approximate surface area is 166 Å². The van der Waals surface area contributed by atoms with Gasteiger partial charge in [0, 0.05) is 43.0 Å². The average molecular weight is 394 g/mol. The van der Waals surface area contributed by atoms with Crippen molar-refractivity contribution < 1.29 is 9.53 Å². The van der Waals surface area contributed by atoms with Crippen LogP contribution in [-0.4, -0.2) is 53.8 Å². The molecule has 8 heteroatoms. The molecule has 0 saturated carbocycles. The third-order valence-corrected chi connectivity index (χ3v) is 4.70. The second-order valence-corrected chi connectivity index (χ2v) is 6.31. The molecule has 0 fully saturated rings. The number of carbonyl (C=O) groups excluding carboxylic acids is 1. The van der Waals surface area contributed by atoms with Crippen LogP contribution in [0.25, 0.3) is 0 Å². The maximum Gasteiger partial charge on any atom is 0.276 e. The van der Waals surface area contributed by atoms with E-state index in [1.807, 2.05) is 24.3 Å². The van der Waals surface area contributed by atoms with E-state index >= 15 is 0 Å². The first-order valence-electron chi connectivity index (χ1n) is 9.24. The van der Waals surface area contributed by atoms with E-state index < -0.39 is 0 Å². The number of hydrogen-bond donors (Lipinski definition) is 3. The molecule has 0 radical (unpaired) electrons. The number of H-pyrrole nitrogens is 1. The Morgan fingerprint density at radius 2 is 2.00 bits per heavy atom. The Kier molecular flexibility index (Phi) is 8.09. The van der Waals surface area contributed by atoms with E-state index in [9.17, 15) is 4.79 Å². The molecule has 3 N–H and O–H groups in total. The molecule has 0 atom stereocenters. The number of aromatic nitrogens is 2. The average Bonchev–Trinajstić information content (AvgIpc) is 3.11. The highest BCUT2D eigenvalue weighted by molar-refractivity contribution is 6.04. The van der Waals surface area contributed by atoms with Crippen molar-refractivity contribution in [2.75, 3.05) is 38.1 Å². The Balaban J connectivity index is 0.00000261. The summed E-state index contributed by atoms with van der Waals surface area (Å²) in [4.78, 5) is 14.8. The molecule has 1 amide bonds. The molecule has 0 bridgehead atoms. The number of rotatable bonds is 8. The van der Waals surface area contributed by atoms with Crippen LogP contribution in [0.4, 0.5) is 5.69 Å². The number of hydrogen-bond acceptors (Lipinski definition) is 5. The van der Waals surface area contributed by atoms with Crippen molar-refractivity contribution in [2.45, 2.75) is 26.8 Å². The van der Waals surface area contributed by atoms with E-state index in [-0.39, 0.29) is 18.3 Å². The van der Waals surface area contributed by atoms with E-state index in [0.717, 1.165) is 55.3 Å². The zero-order valence-corrected chi connectivity index (χ0v) is 16.7. The standard InChI is InChI=1S/C19H27N5O2.ClH/c1-3-24(4-2)11-12-26-15-7-5-14(6-8-15)21-19(25)18-16-13-20-10-9-17(16)22-23-18;/h5-8,20H,3-4,9-13H2,1-2H3,(H,21,25)(H,22,23);1H. The van der Waals surface area contributed by atoms with Crippen molar-refractivity contribution >= 4 is 24.0 Å². The number of aromatic amines is 1. The zero-order chi connectivity index (χ0) is 18.4. The van der Waals surface area contributed by atoms with E-state index in [1.54, 1.807) is 0 Å². The van der Waals surface area contributed by atoms with Gasteiger partial charge in [0.15, 0.2) is 5.69 Å². The molecule has 0 aliphatic carbocycles. The van der Waals surface area contributed by atoms with Gasteiger partial charge in [-0.25, -0.2) is 0 Å². The van der Waals surface area contributed by atoms with Crippen molar-refractivity contribution in [3.05, 3.63) is 41.2 Å². The van der Waals surface area contributed by atoms with Gasteiger partial charge in [-0.05, 0) is 37.4 Å². The van der Waals surface area contributed by atoms with Crippen LogP contribution >= 0.6 is 12.4 Å². The summed E-state index contributed by atoms with van der Waals surface area (Å²) in [6.07, 6.45) is 0.870. The first kappa shape index (κ1) is 21.2. The second-order valence-electron chi connectivity index (χ2n) is 6.31. The van der Waals surface area contributed by atoms with Crippen LogP contribution in [0.2, 0.25) is 0 Å². The number of halogens is 1. The summed E-state index contributed by atoms with van der Waals surface area (Å²) in [5, 5.41) is 13.3. The number of carbonyl (C=O) groups is 1. The van der Waals surface area contributed by atoms with Crippen molar-refractivity contribution in [3.63, 3.8) is 0 Å². The molecular weight excluding hydrogens is 366 g/mol. The van der Waals surface area contributed by atoms with E-state index in [2.05, 4.69) is 39.6 Å². The Morgan fingerprint density at radius 3 is 2.70 bits per heavy atom. The van der Waals surface area contributed by atoms with Gasteiger partial charge >= 0.3 is 0 Å². The molecule has 2 aromatic rings. The third-order valence-electron chi connectivity index (χ3n) is 4.70. The number of nitrogens with one attached hydrogen (secondary N) is 3. The lowest BCUT2D eigenvalue weighted by atomic mass is 10.1. The highest BCUT2D eigenvalue weighted by atomic mass is 35.5. The topological polar surface area (TPSA) is 82.3 Å². The van der Waals surface area contributed by atoms with Gasteiger partial charge in [0.2, 0.25) is 0 Å². The lowest BCUT2D eigenvalue weighted by Crippen LogP contribution is -2.27. The van der Waals surface area contributed by atoms with E-state index in [4.69, 9.17) is 4.74 Å². The first-order chi connectivity index (χ1) is 12.7. The third kappa shape index (κ3) is 5.45. The molecule has 148 valence electrons. The quantitative estimate of drug-likeness (QED) is 0.641. The summed E-state index contributed by atoms with van der Waals surface area (Å²) < 4.78 is 5.77. The summed E-state index contributed by atoms with van der Waals surface area (Å²) in [5.41, 5.74) is 3.20. The van der Waals surface area contributed by atoms with Crippen LogP contribution in [0.1, 0.15) is 35.6 Å². The zero-order valence-electron chi connectivity index (χ0n) is 15.9. The number of amides is 1. The minimum Gasteiger partial charge on any atom is -0.492 e. The minimum absolute atomic E-state index is 0. The molecule has 1 aromatic heterocycles. The van der Waals surface area contributed by atoms with Crippen LogP contribution < -0.4 is 15.4 Å². The van der Waals surface area contributed by atoms with Crippen molar-refractivity contribution in [3.8, 4) is 5.75 Å². The number of ether oxygens (including phenoxy) is 1. The molecule has 7 nitrogen and oxygen atoms in total. The number of likely N-dealkylation sites (N-methyl/N-ethyl adjacent to an activating group) is 1. The maximum atomic E-state index is 12.5. The lowest BCUT2D eigenvalue weighted by molar-refractivity contribution is 0.102. The first-order valence-corrected chi connectivity index (χ1v) is 9.24. The van der Waals surface area contributed by atoms with Gasteiger partial charge in [0.05, 0.1) is 0 Å². The van der Waals surface area contributed by atoms with Gasteiger partial charge in [-0.15, -0.1) is 12.4 Å². The maximum absolute atomic E-state index is 12.5. The molecular formula is C19H28ClN5O2. The normalized spacial score (nSPS) is 13.0. The Bertz CT molecular complexity index is 728. The summed E-state index contributed by atoms with van der Waals surface area (Å²) in [7, 11) is 0. The fourth-order valence-corrected chi connectivity index (χ4v) is 3.07. The van der Waals surface area contributed by atoms with Crippen molar-refractivity contribution in [1.29, 1.82) is 0 Å².